The van der Waals surface area contributed by atoms with Gasteiger partial charge in [-0.15, -0.1) is 0 Å². The van der Waals surface area contributed by atoms with Crippen molar-refractivity contribution in [3.8, 4) is 0 Å². The first-order valence-corrected chi connectivity index (χ1v) is 6.74. The molecule has 0 aliphatic heterocycles. The Labute approximate surface area is 95.2 Å². The maximum Gasteiger partial charge on any atom is 0.00536 e. The van der Waals surface area contributed by atoms with Crippen molar-refractivity contribution in [1.82, 2.24) is 4.90 Å². The molecule has 90 valence electrons. The number of hydrogen-bond acceptors (Lipinski definition) is 2. The van der Waals surface area contributed by atoms with Crippen LogP contribution in [0.25, 0.3) is 0 Å². The molecule has 1 atom stereocenters. The molecule has 0 spiro atoms. The van der Waals surface area contributed by atoms with E-state index in [1.165, 1.54) is 45.1 Å². The molecule has 1 saturated carbocycles. The van der Waals surface area contributed by atoms with Crippen LogP contribution < -0.4 is 5.73 Å². The van der Waals surface area contributed by atoms with Gasteiger partial charge in [0, 0.05) is 6.04 Å². The lowest BCUT2D eigenvalue weighted by molar-refractivity contribution is 0.281. The monoisotopic (exact) mass is 212 g/mol. The van der Waals surface area contributed by atoms with Crippen LogP contribution in [0, 0.1) is 5.92 Å². The Balaban J connectivity index is 2.09. The molecule has 2 nitrogen and oxygen atoms in total. The molecule has 2 heteroatoms. The quantitative estimate of drug-likeness (QED) is 0.703. The Hall–Kier alpha value is -0.0800. The van der Waals surface area contributed by atoms with Crippen molar-refractivity contribution in [3.63, 3.8) is 0 Å². The first-order chi connectivity index (χ1) is 7.26. The zero-order valence-corrected chi connectivity index (χ0v) is 10.5. The second-order valence-corrected chi connectivity index (χ2v) is 4.96. The second kappa shape index (κ2) is 7.24. The van der Waals surface area contributed by atoms with Gasteiger partial charge in [0.25, 0.3) is 0 Å². The lowest BCUT2D eigenvalue weighted by atomic mass is 9.97. The van der Waals surface area contributed by atoms with Crippen molar-refractivity contribution < 1.29 is 0 Å². The van der Waals surface area contributed by atoms with Crippen LogP contribution in [0.2, 0.25) is 0 Å². The molecule has 1 fully saturated rings. The van der Waals surface area contributed by atoms with E-state index in [2.05, 4.69) is 18.7 Å². The zero-order chi connectivity index (χ0) is 11.1. The van der Waals surface area contributed by atoms with E-state index in [0.29, 0.717) is 6.04 Å². The predicted octanol–water partition coefficient (Wildman–Crippen LogP) is 2.63. The fourth-order valence-electron chi connectivity index (χ4n) is 2.68. The van der Waals surface area contributed by atoms with Crippen molar-refractivity contribution in [2.24, 2.45) is 11.7 Å². The fraction of sp³-hybridized carbons (Fsp3) is 1.00. The molecule has 15 heavy (non-hydrogen) atoms. The van der Waals surface area contributed by atoms with Gasteiger partial charge in [-0.1, -0.05) is 39.5 Å². The minimum absolute atomic E-state index is 0.439. The number of rotatable bonds is 7. The zero-order valence-electron chi connectivity index (χ0n) is 10.5. The van der Waals surface area contributed by atoms with Crippen LogP contribution in [0.15, 0.2) is 0 Å². The van der Waals surface area contributed by atoms with Crippen LogP contribution in [0.1, 0.15) is 52.4 Å². The van der Waals surface area contributed by atoms with Crippen LogP contribution in [0.4, 0.5) is 0 Å². The predicted molar refractivity (Wildman–Crippen MR) is 67.0 cm³/mol. The molecule has 1 aliphatic rings. The SMILES string of the molecule is CCN(CC)CCC(N)CC1CCCC1. The van der Waals surface area contributed by atoms with Crippen molar-refractivity contribution in [3.05, 3.63) is 0 Å². The molecule has 1 unspecified atom stereocenters. The Kier molecular flexibility index (Phi) is 6.26. The summed E-state index contributed by atoms with van der Waals surface area (Å²) in [4.78, 5) is 2.47. The Morgan fingerprint density at radius 1 is 1.20 bits per heavy atom. The van der Waals surface area contributed by atoms with Gasteiger partial charge in [-0.2, -0.15) is 0 Å². The summed E-state index contributed by atoms with van der Waals surface area (Å²) in [6.45, 7) is 7.96. The van der Waals surface area contributed by atoms with Crippen LogP contribution in [0.3, 0.4) is 0 Å². The summed E-state index contributed by atoms with van der Waals surface area (Å²) >= 11 is 0. The third kappa shape index (κ3) is 4.98. The topological polar surface area (TPSA) is 29.3 Å². The van der Waals surface area contributed by atoms with E-state index in [9.17, 15) is 0 Å². The molecule has 0 saturated heterocycles. The summed E-state index contributed by atoms with van der Waals surface area (Å²) in [5.74, 6) is 0.941. The highest BCUT2D eigenvalue weighted by Gasteiger charge is 2.18. The highest BCUT2D eigenvalue weighted by Crippen LogP contribution is 2.28. The minimum atomic E-state index is 0.439. The maximum absolute atomic E-state index is 6.18. The van der Waals surface area contributed by atoms with Crippen molar-refractivity contribution in [2.75, 3.05) is 19.6 Å². The largest absolute Gasteiger partial charge is 0.328 e. The van der Waals surface area contributed by atoms with Crippen LogP contribution in [-0.2, 0) is 0 Å². The van der Waals surface area contributed by atoms with E-state index in [-0.39, 0.29) is 0 Å². The molecule has 1 aliphatic carbocycles. The van der Waals surface area contributed by atoms with E-state index in [1.54, 1.807) is 0 Å². The first kappa shape index (κ1) is 13.0. The molecular weight excluding hydrogens is 184 g/mol. The Morgan fingerprint density at radius 3 is 2.33 bits per heavy atom. The van der Waals surface area contributed by atoms with Crippen molar-refractivity contribution in [1.29, 1.82) is 0 Å². The van der Waals surface area contributed by atoms with Gasteiger partial charge in [0.2, 0.25) is 0 Å². The first-order valence-electron chi connectivity index (χ1n) is 6.74. The highest BCUT2D eigenvalue weighted by atomic mass is 15.1. The molecule has 0 aromatic carbocycles. The van der Waals surface area contributed by atoms with E-state index < -0.39 is 0 Å². The number of nitrogens with two attached hydrogens (primary N) is 1. The summed E-state index contributed by atoms with van der Waals surface area (Å²) < 4.78 is 0. The highest BCUT2D eigenvalue weighted by molar-refractivity contribution is 4.74. The molecule has 1 rings (SSSR count). The third-order valence-electron chi connectivity index (χ3n) is 3.82. The molecule has 0 radical (unpaired) electrons. The Morgan fingerprint density at radius 2 is 1.80 bits per heavy atom. The van der Waals surface area contributed by atoms with Gasteiger partial charge < -0.3 is 10.6 Å². The molecule has 0 heterocycles. The van der Waals surface area contributed by atoms with Gasteiger partial charge >= 0.3 is 0 Å². The number of hydrogen-bond donors (Lipinski definition) is 1. The van der Waals surface area contributed by atoms with E-state index >= 15 is 0 Å². The average Bonchev–Trinajstić information content (AvgIpc) is 2.72. The van der Waals surface area contributed by atoms with Gasteiger partial charge in [-0.25, -0.2) is 0 Å². The van der Waals surface area contributed by atoms with Gasteiger partial charge in [-0.3, -0.25) is 0 Å². The standard InChI is InChI=1S/C13H28N2/c1-3-15(4-2)10-9-13(14)11-12-7-5-6-8-12/h12-13H,3-11,14H2,1-2H3. The van der Waals surface area contributed by atoms with Crippen LogP contribution in [-0.4, -0.2) is 30.6 Å². The minimum Gasteiger partial charge on any atom is -0.328 e. The molecular formula is C13H28N2. The normalized spacial score (nSPS) is 20.0. The van der Waals surface area contributed by atoms with E-state index in [4.69, 9.17) is 5.73 Å². The van der Waals surface area contributed by atoms with Gasteiger partial charge in [-0.05, 0) is 38.4 Å². The lowest BCUT2D eigenvalue weighted by Gasteiger charge is -2.22. The van der Waals surface area contributed by atoms with Gasteiger partial charge in [0.05, 0.1) is 0 Å². The van der Waals surface area contributed by atoms with E-state index in [0.717, 1.165) is 19.0 Å². The van der Waals surface area contributed by atoms with Crippen LogP contribution >= 0.6 is 0 Å². The van der Waals surface area contributed by atoms with Crippen molar-refractivity contribution in [2.45, 2.75) is 58.4 Å². The Bertz CT molecular complexity index is 149. The lowest BCUT2D eigenvalue weighted by Crippen LogP contribution is -2.31. The molecule has 0 aromatic heterocycles. The van der Waals surface area contributed by atoms with Crippen molar-refractivity contribution >= 4 is 0 Å². The molecule has 0 amide bonds. The average molecular weight is 212 g/mol. The summed E-state index contributed by atoms with van der Waals surface area (Å²) in [6.07, 6.45) is 8.18. The molecule has 2 N–H and O–H groups in total. The summed E-state index contributed by atoms with van der Waals surface area (Å²) in [7, 11) is 0. The van der Waals surface area contributed by atoms with Crippen LogP contribution in [0.5, 0.6) is 0 Å². The maximum atomic E-state index is 6.18. The van der Waals surface area contributed by atoms with Gasteiger partial charge in [0.1, 0.15) is 0 Å². The summed E-state index contributed by atoms with van der Waals surface area (Å²) in [5, 5.41) is 0. The second-order valence-electron chi connectivity index (χ2n) is 4.96. The molecule has 0 aromatic rings. The third-order valence-corrected chi connectivity index (χ3v) is 3.82. The smallest absolute Gasteiger partial charge is 0.00536 e. The van der Waals surface area contributed by atoms with E-state index in [1.807, 2.05) is 0 Å². The number of nitrogens with zero attached hydrogens (tertiary/aromatic N) is 1. The fourth-order valence-corrected chi connectivity index (χ4v) is 2.68. The summed E-state index contributed by atoms with van der Waals surface area (Å²) in [5.41, 5.74) is 6.18. The summed E-state index contributed by atoms with van der Waals surface area (Å²) in [6, 6.07) is 0.439. The molecule has 0 bridgehead atoms. The van der Waals surface area contributed by atoms with Gasteiger partial charge in [0.15, 0.2) is 0 Å².